The number of hydrogen-bond donors (Lipinski definition) is 0. The molecule has 0 aliphatic heterocycles. The van der Waals surface area contributed by atoms with E-state index in [-0.39, 0.29) is 5.97 Å². The van der Waals surface area contributed by atoms with Gasteiger partial charge in [-0.1, -0.05) is 24.3 Å². The third-order valence-electron chi connectivity index (χ3n) is 1.22. The van der Waals surface area contributed by atoms with E-state index in [4.69, 9.17) is 0 Å². The lowest BCUT2D eigenvalue weighted by molar-refractivity contribution is -0.134. The highest BCUT2D eigenvalue weighted by atomic mass is 16.5. The molecule has 0 N–H and O–H groups in total. The van der Waals surface area contributed by atoms with Crippen molar-refractivity contribution in [2.24, 2.45) is 0 Å². The van der Waals surface area contributed by atoms with E-state index >= 15 is 0 Å². The van der Waals surface area contributed by atoms with Crippen LogP contribution in [0.2, 0.25) is 0 Å². The second-order valence-electron chi connectivity index (χ2n) is 2.18. The summed E-state index contributed by atoms with van der Waals surface area (Å²) in [6.07, 6.45) is 10.6. The van der Waals surface area contributed by atoms with E-state index in [0.29, 0.717) is 0 Å². The number of unbranched alkanes of at least 4 members (excludes halogenated alkanes) is 1. The Bertz CT molecular complexity index is 190. The van der Waals surface area contributed by atoms with Crippen LogP contribution in [0.15, 0.2) is 37.0 Å². The third-order valence-corrected chi connectivity index (χ3v) is 1.22. The summed E-state index contributed by atoms with van der Waals surface area (Å²) in [6, 6.07) is 0. The summed E-state index contributed by atoms with van der Waals surface area (Å²) in [5.74, 6) is -0.330. The Balaban J connectivity index is 3.51. The second-order valence-corrected chi connectivity index (χ2v) is 2.18. The normalized spacial score (nSPS) is 10.8. The predicted molar refractivity (Wildman–Crippen MR) is 49.7 cm³/mol. The van der Waals surface area contributed by atoms with E-state index < -0.39 is 0 Å². The molecule has 0 aliphatic carbocycles. The molecule has 0 aromatic rings. The van der Waals surface area contributed by atoms with Gasteiger partial charge in [-0.05, 0) is 12.8 Å². The van der Waals surface area contributed by atoms with Crippen molar-refractivity contribution in [1.82, 2.24) is 0 Å². The van der Waals surface area contributed by atoms with Crippen LogP contribution in [0.5, 0.6) is 0 Å². The molecule has 0 saturated carbocycles. The topological polar surface area (TPSA) is 26.3 Å². The summed E-state index contributed by atoms with van der Waals surface area (Å²) in [5, 5.41) is 0. The van der Waals surface area contributed by atoms with Gasteiger partial charge in [0.05, 0.1) is 7.11 Å². The molecule has 2 nitrogen and oxygen atoms in total. The summed E-state index contributed by atoms with van der Waals surface area (Å²) in [7, 11) is 1.36. The van der Waals surface area contributed by atoms with Gasteiger partial charge in [-0.25, -0.2) is 4.79 Å². The van der Waals surface area contributed by atoms with Crippen molar-refractivity contribution < 1.29 is 9.53 Å². The van der Waals surface area contributed by atoms with Crippen LogP contribution in [0.1, 0.15) is 12.8 Å². The third kappa shape index (κ3) is 6.81. The van der Waals surface area contributed by atoms with Crippen molar-refractivity contribution >= 4 is 5.97 Å². The Labute approximate surface area is 73.2 Å². The molecule has 12 heavy (non-hydrogen) atoms. The zero-order valence-electron chi connectivity index (χ0n) is 7.32. The van der Waals surface area contributed by atoms with Crippen LogP contribution >= 0.6 is 0 Å². The van der Waals surface area contributed by atoms with E-state index in [9.17, 15) is 4.79 Å². The number of allylic oxidation sites excluding steroid dienone is 4. The lowest BCUT2D eigenvalue weighted by atomic mass is 10.3. The fourth-order valence-electron chi connectivity index (χ4n) is 0.591. The first kappa shape index (κ1) is 10.7. The standard InChI is InChI=1S/C10H14O2/c1-3-4-5-6-7-8-9-10(11)12-2/h3,6-9H,1,4-5H2,2H3/b7-6+,9-8+. The first-order chi connectivity index (χ1) is 5.81. The molecular weight excluding hydrogens is 152 g/mol. The SMILES string of the molecule is C=CCC/C=C/C=C/C(=O)OC. The van der Waals surface area contributed by atoms with Crippen LogP contribution in [-0.4, -0.2) is 13.1 Å². The van der Waals surface area contributed by atoms with E-state index in [0.717, 1.165) is 12.8 Å². The maximum Gasteiger partial charge on any atom is 0.330 e. The first-order valence-corrected chi connectivity index (χ1v) is 3.83. The molecule has 0 atom stereocenters. The second kappa shape index (κ2) is 7.79. The molecule has 0 spiro atoms. The summed E-state index contributed by atoms with van der Waals surface area (Å²) in [6.45, 7) is 3.59. The average molecular weight is 166 g/mol. The van der Waals surface area contributed by atoms with E-state index in [1.807, 2.05) is 18.2 Å². The smallest absolute Gasteiger partial charge is 0.330 e. The zero-order valence-corrected chi connectivity index (χ0v) is 7.32. The van der Waals surface area contributed by atoms with Crippen LogP contribution in [0.4, 0.5) is 0 Å². The Kier molecular flexibility index (Phi) is 6.94. The molecule has 66 valence electrons. The number of ether oxygens (including phenoxy) is 1. The van der Waals surface area contributed by atoms with Gasteiger partial charge in [0.1, 0.15) is 0 Å². The summed E-state index contributed by atoms with van der Waals surface area (Å²) in [4.78, 5) is 10.5. The fraction of sp³-hybridized carbons (Fsp3) is 0.300. The number of hydrogen-bond acceptors (Lipinski definition) is 2. The van der Waals surface area contributed by atoms with Gasteiger partial charge >= 0.3 is 5.97 Å². The lowest BCUT2D eigenvalue weighted by Gasteiger charge is -1.86. The molecule has 2 heteroatoms. The van der Waals surface area contributed by atoms with Crippen molar-refractivity contribution in [2.75, 3.05) is 7.11 Å². The van der Waals surface area contributed by atoms with E-state index in [1.54, 1.807) is 6.08 Å². The predicted octanol–water partition coefficient (Wildman–Crippen LogP) is 2.24. The van der Waals surface area contributed by atoms with Gasteiger partial charge in [-0.2, -0.15) is 0 Å². The van der Waals surface area contributed by atoms with Gasteiger partial charge < -0.3 is 4.74 Å². The van der Waals surface area contributed by atoms with Gasteiger partial charge in [0.25, 0.3) is 0 Å². The molecule has 0 unspecified atom stereocenters. The van der Waals surface area contributed by atoms with Gasteiger partial charge in [0.15, 0.2) is 0 Å². The largest absolute Gasteiger partial charge is 0.466 e. The molecule has 0 heterocycles. The minimum absolute atomic E-state index is 0.330. The van der Waals surface area contributed by atoms with E-state index in [1.165, 1.54) is 13.2 Å². The summed E-state index contributed by atoms with van der Waals surface area (Å²) < 4.78 is 4.40. The molecule has 0 aromatic heterocycles. The van der Waals surface area contributed by atoms with Crippen molar-refractivity contribution in [3.05, 3.63) is 37.0 Å². The van der Waals surface area contributed by atoms with E-state index in [2.05, 4.69) is 11.3 Å². The van der Waals surface area contributed by atoms with Gasteiger partial charge in [0.2, 0.25) is 0 Å². The Morgan fingerprint density at radius 3 is 2.75 bits per heavy atom. The quantitative estimate of drug-likeness (QED) is 0.206. The minimum atomic E-state index is -0.330. The fourth-order valence-corrected chi connectivity index (χ4v) is 0.591. The lowest BCUT2D eigenvalue weighted by Crippen LogP contribution is -1.92. The van der Waals surface area contributed by atoms with Crippen LogP contribution in [0.25, 0.3) is 0 Å². The molecule has 0 radical (unpaired) electrons. The highest BCUT2D eigenvalue weighted by Gasteiger charge is 1.85. The summed E-state index contributed by atoms with van der Waals surface area (Å²) in [5.41, 5.74) is 0. The molecule has 0 amide bonds. The Morgan fingerprint density at radius 1 is 1.42 bits per heavy atom. The number of rotatable bonds is 5. The molecule has 0 aromatic carbocycles. The zero-order chi connectivity index (χ0) is 9.23. The molecule has 0 fully saturated rings. The van der Waals surface area contributed by atoms with Crippen molar-refractivity contribution in [2.45, 2.75) is 12.8 Å². The van der Waals surface area contributed by atoms with Crippen LogP contribution < -0.4 is 0 Å². The van der Waals surface area contributed by atoms with Crippen LogP contribution in [0.3, 0.4) is 0 Å². The molecular formula is C10H14O2. The molecule has 0 saturated heterocycles. The molecule has 0 bridgehead atoms. The van der Waals surface area contributed by atoms with Gasteiger partial charge in [-0.3, -0.25) is 0 Å². The number of methoxy groups -OCH3 is 1. The average Bonchev–Trinajstić information content (AvgIpc) is 2.10. The van der Waals surface area contributed by atoms with Crippen molar-refractivity contribution in [1.29, 1.82) is 0 Å². The van der Waals surface area contributed by atoms with Crippen molar-refractivity contribution in [3.8, 4) is 0 Å². The highest BCUT2D eigenvalue weighted by Crippen LogP contribution is 1.91. The maximum absolute atomic E-state index is 10.5. The number of carbonyl (C=O) groups excluding carboxylic acids is 1. The molecule has 0 rings (SSSR count). The first-order valence-electron chi connectivity index (χ1n) is 3.83. The monoisotopic (exact) mass is 166 g/mol. The van der Waals surface area contributed by atoms with Crippen LogP contribution in [0, 0.1) is 0 Å². The summed E-state index contributed by atoms with van der Waals surface area (Å²) >= 11 is 0. The Hall–Kier alpha value is -1.31. The van der Waals surface area contributed by atoms with Gasteiger partial charge in [0, 0.05) is 6.08 Å². The Morgan fingerprint density at radius 2 is 2.17 bits per heavy atom. The van der Waals surface area contributed by atoms with Crippen molar-refractivity contribution in [3.63, 3.8) is 0 Å². The number of esters is 1. The maximum atomic E-state index is 10.5. The van der Waals surface area contributed by atoms with Crippen LogP contribution in [-0.2, 0) is 9.53 Å². The highest BCUT2D eigenvalue weighted by molar-refractivity contribution is 5.82. The minimum Gasteiger partial charge on any atom is -0.466 e. The number of carbonyl (C=O) groups is 1. The molecule has 0 aliphatic rings. The van der Waals surface area contributed by atoms with Gasteiger partial charge in [-0.15, -0.1) is 6.58 Å².